The first-order valence-corrected chi connectivity index (χ1v) is 7.81. The van der Waals surface area contributed by atoms with Crippen LogP contribution in [-0.2, 0) is 9.53 Å². The van der Waals surface area contributed by atoms with Gasteiger partial charge in [0.15, 0.2) is 10.8 Å². The van der Waals surface area contributed by atoms with Crippen LogP contribution in [0.1, 0.15) is 18.5 Å². The Kier molecular flexibility index (Phi) is 2.99. The zero-order valence-electron chi connectivity index (χ0n) is 12.8. The third-order valence-electron chi connectivity index (χ3n) is 4.59. The summed E-state index contributed by atoms with van der Waals surface area (Å²) < 4.78 is 11.2. The largest absolute Gasteiger partial charge is 0.469 e. The van der Waals surface area contributed by atoms with Crippen molar-refractivity contribution < 1.29 is 14.3 Å². The average Bonchev–Trinajstić information content (AvgIpc) is 2.52. The molecule has 118 valence electrons. The molecule has 5 nitrogen and oxygen atoms in total. The van der Waals surface area contributed by atoms with E-state index in [2.05, 4.69) is 10.6 Å². The van der Waals surface area contributed by atoms with E-state index in [0.717, 1.165) is 22.1 Å². The highest BCUT2D eigenvalue weighted by Crippen LogP contribution is 2.47. The van der Waals surface area contributed by atoms with E-state index in [-0.39, 0.29) is 12.0 Å². The predicted molar refractivity (Wildman–Crippen MR) is 90.1 cm³/mol. The summed E-state index contributed by atoms with van der Waals surface area (Å²) in [6.45, 7) is 1.83. The summed E-state index contributed by atoms with van der Waals surface area (Å²) in [6.07, 6.45) is 0. The number of thiocarbonyl (C=S) groups is 1. The summed E-state index contributed by atoms with van der Waals surface area (Å²) >= 11 is 5.31. The topological polar surface area (TPSA) is 59.6 Å². The van der Waals surface area contributed by atoms with E-state index in [0.29, 0.717) is 5.11 Å². The van der Waals surface area contributed by atoms with E-state index in [1.807, 2.05) is 43.3 Å². The van der Waals surface area contributed by atoms with Gasteiger partial charge in [-0.1, -0.05) is 30.3 Å². The first kappa shape index (κ1) is 14.3. The number of methoxy groups -OCH3 is 1. The van der Waals surface area contributed by atoms with Crippen LogP contribution in [0, 0.1) is 5.92 Å². The van der Waals surface area contributed by atoms with Gasteiger partial charge in [0, 0.05) is 5.56 Å². The number of esters is 1. The minimum atomic E-state index is -0.935. The molecule has 2 aromatic carbocycles. The Labute approximate surface area is 139 Å². The molecule has 0 unspecified atom stereocenters. The highest BCUT2D eigenvalue weighted by atomic mass is 32.1. The Balaban J connectivity index is 1.99. The molecule has 0 aromatic heterocycles. The van der Waals surface area contributed by atoms with E-state index >= 15 is 0 Å². The van der Waals surface area contributed by atoms with Crippen molar-refractivity contribution >= 4 is 34.1 Å². The summed E-state index contributed by atoms with van der Waals surface area (Å²) in [5, 5.41) is 8.91. The summed E-state index contributed by atoms with van der Waals surface area (Å²) in [5.41, 5.74) is 0.00931. The van der Waals surface area contributed by atoms with Gasteiger partial charge in [-0.3, -0.25) is 4.79 Å². The molecule has 2 aromatic rings. The van der Waals surface area contributed by atoms with Crippen LogP contribution in [0.2, 0.25) is 0 Å². The number of ether oxygens (including phenoxy) is 2. The number of hydrogen-bond donors (Lipinski definition) is 2. The lowest BCUT2D eigenvalue weighted by Gasteiger charge is -2.50. The van der Waals surface area contributed by atoms with Crippen molar-refractivity contribution in [1.82, 2.24) is 10.6 Å². The Morgan fingerprint density at radius 3 is 2.87 bits per heavy atom. The Morgan fingerprint density at radius 2 is 2.09 bits per heavy atom. The van der Waals surface area contributed by atoms with Crippen molar-refractivity contribution in [1.29, 1.82) is 0 Å². The summed E-state index contributed by atoms with van der Waals surface area (Å²) in [4.78, 5) is 12.4. The lowest BCUT2D eigenvalue weighted by atomic mass is 9.79. The number of benzene rings is 2. The van der Waals surface area contributed by atoms with Crippen molar-refractivity contribution in [3.8, 4) is 5.75 Å². The van der Waals surface area contributed by atoms with Gasteiger partial charge < -0.3 is 20.1 Å². The summed E-state index contributed by atoms with van der Waals surface area (Å²) in [7, 11) is 1.39. The maximum Gasteiger partial charge on any atom is 0.317 e. The van der Waals surface area contributed by atoms with Crippen LogP contribution in [0.15, 0.2) is 36.4 Å². The monoisotopic (exact) mass is 328 g/mol. The average molecular weight is 328 g/mol. The second-order valence-electron chi connectivity index (χ2n) is 5.98. The third-order valence-corrected chi connectivity index (χ3v) is 4.81. The number of rotatable bonds is 1. The minimum absolute atomic E-state index is 0.295. The molecule has 1 fully saturated rings. The van der Waals surface area contributed by atoms with E-state index < -0.39 is 11.6 Å². The van der Waals surface area contributed by atoms with E-state index in [9.17, 15) is 4.79 Å². The van der Waals surface area contributed by atoms with Crippen molar-refractivity contribution in [3.05, 3.63) is 42.0 Å². The molecule has 2 N–H and O–H groups in total. The highest BCUT2D eigenvalue weighted by Gasteiger charge is 2.55. The minimum Gasteiger partial charge on any atom is -0.469 e. The van der Waals surface area contributed by atoms with Gasteiger partial charge >= 0.3 is 5.97 Å². The Morgan fingerprint density at radius 1 is 1.30 bits per heavy atom. The van der Waals surface area contributed by atoms with Gasteiger partial charge in [0.1, 0.15) is 11.7 Å². The van der Waals surface area contributed by atoms with Crippen molar-refractivity contribution in [2.24, 2.45) is 5.92 Å². The number of fused-ring (bicyclic) bond motifs is 6. The smallest absolute Gasteiger partial charge is 0.317 e. The maximum absolute atomic E-state index is 12.4. The third kappa shape index (κ3) is 1.98. The fourth-order valence-electron chi connectivity index (χ4n) is 3.61. The molecule has 6 heteroatoms. The molecule has 2 heterocycles. The molecule has 0 aliphatic carbocycles. The molecule has 3 atom stereocenters. The quantitative estimate of drug-likeness (QED) is 0.618. The Hall–Kier alpha value is -2.34. The number of carbonyl (C=O) groups excluding carboxylic acids is 1. The lowest BCUT2D eigenvalue weighted by molar-refractivity contribution is -0.159. The van der Waals surface area contributed by atoms with Crippen molar-refractivity contribution in [2.75, 3.05) is 7.11 Å². The highest BCUT2D eigenvalue weighted by molar-refractivity contribution is 7.80. The molecule has 2 aliphatic rings. The molecular formula is C17H16N2O3S. The first-order chi connectivity index (χ1) is 11.0. The van der Waals surface area contributed by atoms with Crippen LogP contribution >= 0.6 is 12.2 Å². The van der Waals surface area contributed by atoms with Crippen LogP contribution in [0.3, 0.4) is 0 Å². The fourth-order valence-corrected chi connectivity index (χ4v) is 3.94. The Bertz CT molecular complexity index is 838. The maximum atomic E-state index is 12.4. The predicted octanol–water partition coefficient (Wildman–Crippen LogP) is 2.26. The fraction of sp³-hybridized carbons (Fsp3) is 0.294. The zero-order chi connectivity index (χ0) is 16.2. The molecule has 0 spiro atoms. The lowest BCUT2D eigenvalue weighted by Crippen LogP contribution is -2.70. The van der Waals surface area contributed by atoms with Gasteiger partial charge in [-0.15, -0.1) is 0 Å². The van der Waals surface area contributed by atoms with Crippen LogP contribution in [0.5, 0.6) is 5.75 Å². The second-order valence-corrected chi connectivity index (χ2v) is 6.39. The van der Waals surface area contributed by atoms with Crippen LogP contribution in [-0.4, -0.2) is 23.9 Å². The number of hydrogen-bond acceptors (Lipinski definition) is 4. The molecule has 2 aliphatic heterocycles. The summed E-state index contributed by atoms with van der Waals surface area (Å²) in [6, 6.07) is 11.7. The van der Waals surface area contributed by atoms with Gasteiger partial charge in [-0.25, -0.2) is 0 Å². The zero-order valence-corrected chi connectivity index (χ0v) is 13.6. The standard InChI is InChI=1S/C17H16N2O3S/c1-17-13(15(20)21-2)14(18-16(23)19-17)12-10-6-4-3-5-9(10)7-8-11(12)22-17/h3-8,13-14H,1-2H3,(H2,18,19,23)/t13-,14+,17+/m1/s1. The van der Waals surface area contributed by atoms with Gasteiger partial charge in [-0.2, -0.15) is 0 Å². The number of nitrogens with one attached hydrogen (secondary N) is 2. The SMILES string of the molecule is COC(=O)[C@H]1[C@H]2NC(=S)N[C@@]1(C)Oc1ccc3ccccc3c12. The molecule has 0 radical (unpaired) electrons. The molecule has 2 bridgehead atoms. The van der Waals surface area contributed by atoms with Gasteiger partial charge in [0.25, 0.3) is 0 Å². The van der Waals surface area contributed by atoms with E-state index in [1.54, 1.807) is 0 Å². The van der Waals surface area contributed by atoms with E-state index in [1.165, 1.54) is 7.11 Å². The normalized spacial score (nSPS) is 28.2. The second kappa shape index (κ2) is 4.83. The van der Waals surface area contributed by atoms with Gasteiger partial charge in [0.2, 0.25) is 0 Å². The molecule has 4 rings (SSSR count). The van der Waals surface area contributed by atoms with Gasteiger partial charge in [-0.05, 0) is 36.0 Å². The number of carbonyl (C=O) groups is 1. The molecule has 0 amide bonds. The molecule has 1 saturated heterocycles. The van der Waals surface area contributed by atoms with Crippen molar-refractivity contribution in [2.45, 2.75) is 18.7 Å². The molecule has 0 saturated carbocycles. The van der Waals surface area contributed by atoms with Crippen LogP contribution in [0.4, 0.5) is 0 Å². The van der Waals surface area contributed by atoms with Crippen molar-refractivity contribution in [3.63, 3.8) is 0 Å². The van der Waals surface area contributed by atoms with Crippen LogP contribution in [0.25, 0.3) is 10.8 Å². The summed E-state index contributed by atoms with van der Waals surface area (Å²) in [5.74, 6) is -0.130. The van der Waals surface area contributed by atoms with Gasteiger partial charge in [0.05, 0.1) is 13.2 Å². The molecule has 23 heavy (non-hydrogen) atoms. The molecular weight excluding hydrogens is 312 g/mol. The van der Waals surface area contributed by atoms with E-state index in [4.69, 9.17) is 21.7 Å². The van der Waals surface area contributed by atoms with Crippen LogP contribution < -0.4 is 15.4 Å². The first-order valence-electron chi connectivity index (χ1n) is 7.40.